The number of unbranched alkanes of at least 4 members (excludes halogenated alkanes) is 6. The lowest BCUT2D eigenvalue weighted by molar-refractivity contribution is -0.124. The Morgan fingerprint density at radius 1 is 0.526 bits per heavy atom. The smallest absolute Gasteiger partial charge is 0.261 e. The summed E-state index contributed by atoms with van der Waals surface area (Å²) in [5, 5.41) is 3.19. The molecule has 2 aromatic carbocycles. The van der Waals surface area contributed by atoms with Crippen molar-refractivity contribution < 1.29 is 9.59 Å². The van der Waals surface area contributed by atoms with Crippen LogP contribution in [0.3, 0.4) is 0 Å². The van der Waals surface area contributed by atoms with E-state index in [0.29, 0.717) is 45.7 Å². The summed E-state index contributed by atoms with van der Waals surface area (Å²) in [4.78, 5) is 31.8. The van der Waals surface area contributed by atoms with Crippen molar-refractivity contribution in [3.8, 4) is 0 Å². The number of fused-ring (bicyclic) bond motifs is 1. The van der Waals surface area contributed by atoms with Gasteiger partial charge >= 0.3 is 0 Å². The first-order valence-electron chi connectivity index (χ1n) is 13.2. The minimum absolute atomic E-state index is 0.106. The second-order valence-corrected chi connectivity index (χ2v) is 12.0. The molecule has 202 valence electrons. The molecule has 0 aliphatic carbocycles. The van der Waals surface area contributed by atoms with Gasteiger partial charge in [-0.1, -0.05) is 105 Å². The highest BCUT2D eigenvalue weighted by Gasteiger charge is 2.48. The third kappa shape index (κ3) is 6.57. The first kappa shape index (κ1) is 29.4. The molecule has 2 aliphatic heterocycles. The molecule has 2 heterocycles. The monoisotopic (exact) mass is 680 g/mol. The maximum atomic E-state index is 14.1. The molecule has 8 heteroatoms. The summed E-state index contributed by atoms with van der Waals surface area (Å²) in [6.07, 6.45) is 8.20. The zero-order valence-corrected chi connectivity index (χ0v) is 26.0. The van der Waals surface area contributed by atoms with Crippen LogP contribution in [0.25, 0.3) is 11.4 Å². The molecule has 0 aromatic heterocycles. The number of alkyl halides is 2. The minimum atomic E-state index is -0.106. The van der Waals surface area contributed by atoms with Gasteiger partial charge in [-0.3, -0.25) is 9.59 Å². The zero-order valence-electron chi connectivity index (χ0n) is 21.3. The van der Waals surface area contributed by atoms with Gasteiger partial charge in [0.1, 0.15) is 0 Å². The number of carbonyl (C=O) groups is 2. The van der Waals surface area contributed by atoms with Gasteiger partial charge in [0.25, 0.3) is 11.8 Å². The van der Waals surface area contributed by atoms with Crippen LogP contribution in [0.4, 0.5) is 0 Å². The van der Waals surface area contributed by atoms with Crippen molar-refractivity contribution in [1.82, 2.24) is 9.80 Å². The van der Waals surface area contributed by atoms with Crippen molar-refractivity contribution in [3.63, 3.8) is 0 Å². The van der Waals surface area contributed by atoms with E-state index in [9.17, 15) is 9.59 Å². The van der Waals surface area contributed by atoms with E-state index < -0.39 is 0 Å². The number of hydrogen-bond donors (Lipinski definition) is 0. The largest absolute Gasteiger partial charge is 0.307 e. The van der Waals surface area contributed by atoms with Gasteiger partial charge in [0.05, 0.1) is 22.5 Å². The molecule has 0 saturated heterocycles. The number of halogens is 4. The molecule has 0 spiro atoms. The normalized spacial score (nSPS) is 15.4. The summed E-state index contributed by atoms with van der Waals surface area (Å²) in [7, 11) is 0. The van der Waals surface area contributed by atoms with Gasteiger partial charge in [0, 0.05) is 33.8 Å². The van der Waals surface area contributed by atoms with Gasteiger partial charge < -0.3 is 9.80 Å². The van der Waals surface area contributed by atoms with Crippen LogP contribution in [0.15, 0.2) is 59.7 Å². The van der Waals surface area contributed by atoms with Crippen molar-refractivity contribution in [1.29, 1.82) is 0 Å². The summed E-state index contributed by atoms with van der Waals surface area (Å²) in [5.41, 5.74) is 4.06. The van der Waals surface area contributed by atoms with Crippen molar-refractivity contribution in [2.45, 2.75) is 51.4 Å². The topological polar surface area (TPSA) is 40.6 Å². The first-order valence-corrected chi connectivity index (χ1v) is 16.2. The van der Waals surface area contributed by atoms with Crippen molar-refractivity contribution in [2.75, 3.05) is 23.7 Å². The highest BCUT2D eigenvalue weighted by Crippen LogP contribution is 2.47. The van der Waals surface area contributed by atoms with Gasteiger partial charge in [0.2, 0.25) is 0 Å². The van der Waals surface area contributed by atoms with Gasteiger partial charge in [-0.25, -0.2) is 0 Å². The number of rotatable bonds is 14. The average molecular weight is 683 g/mol. The number of nitrogens with zero attached hydrogens (tertiary/aromatic N) is 2. The van der Waals surface area contributed by atoms with Crippen LogP contribution >= 0.6 is 55.1 Å². The quantitative estimate of drug-likeness (QED) is 0.148. The molecule has 38 heavy (non-hydrogen) atoms. The molecular formula is C30H32Br2Cl2N2O2. The predicted octanol–water partition coefficient (Wildman–Crippen LogP) is 8.71. The van der Waals surface area contributed by atoms with E-state index >= 15 is 0 Å². The number of benzene rings is 2. The van der Waals surface area contributed by atoms with E-state index in [0.717, 1.165) is 73.2 Å². The fourth-order valence-corrected chi connectivity index (χ4v) is 6.12. The Kier molecular flexibility index (Phi) is 10.9. The Labute approximate surface area is 252 Å². The lowest BCUT2D eigenvalue weighted by Crippen LogP contribution is -2.31. The molecule has 0 fully saturated rings. The average Bonchev–Trinajstić information content (AvgIpc) is 3.36. The Bertz CT molecular complexity index is 1110. The number of carbonyl (C=O) groups excluding carboxylic acids is 2. The molecule has 2 aromatic rings. The van der Waals surface area contributed by atoms with Crippen LogP contribution in [0, 0.1) is 0 Å². The van der Waals surface area contributed by atoms with E-state index in [1.807, 2.05) is 58.3 Å². The fourth-order valence-electron chi connectivity index (χ4n) is 5.07. The molecule has 0 N–H and O–H groups in total. The van der Waals surface area contributed by atoms with E-state index in [-0.39, 0.29) is 11.8 Å². The van der Waals surface area contributed by atoms with Crippen molar-refractivity contribution in [2.24, 2.45) is 0 Å². The molecule has 2 amide bonds. The van der Waals surface area contributed by atoms with E-state index in [2.05, 4.69) is 31.9 Å². The Hall–Kier alpha value is -1.60. The third-order valence-electron chi connectivity index (χ3n) is 6.95. The number of hydrogen-bond acceptors (Lipinski definition) is 2. The maximum Gasteiger partial charge on any atom is 0.261 e. The molecule has 4 nitrogen and oxygen atoms in total. The molecule has 0 saturated carbocycles. The van der Waals surface area contributed by atoms with Gasteiger partial charge in [-0.15, -0.1) is 0 Å². The lowest BCUT2D eigenvalue weighted by Gasteiger charge is -2.25. The number of amides is 2. The zero-order chi connectivity index (χ0) is 27.1. The van der Waals surface area contributed by atoms with E-state index in [4.69, 9.17) is 23.2 Å². The third-order valence-corrected chi connectivity index (χ3v) is 8.57. The van der Waals surface area contributed by atoms with E-state index in [1.165, 1.54) is 0 Å². The van der Waals surface area contributed by atoms with Crippen LogP contribution in [0.5, 0.6) is 0 Å². The highest BCUT2D eigenvalue weighted by atomic mass is 79.9. The molecular weight excluding hydrogens is 651 g/mol. The van der Waals surface area contributed by atoms with Crippen LogP contribution in [0.2, 0.25) is 10.0 Å². The van der Waals surface area contributed by atoms with Crippen molar-refractivity contribution in [3.05, 3.63) is 80.8 Å². The molecule has 0 unspecified atom stereocenters. The lowest BCUT2D eigenvalue weighted by atomic mass is 10.0. The first-order chi connectivity index (χ1) is 18.5. The molecule has 2 aliphatic rings. The fraction of sp³-hybridized carbons (Fsp3) is 0.400. The van der Waals surface area contributed by atoms with Crippen LogP contribution in [-0.4, -0.2) is 45.4 Å². The highest BCUT2D eigenvalue weighted by molar-refractivity contribution is 9.09. The van der Waals surface area contributed by atoms with Gasteiger partial charge in [-0.05, 0) is 61.1 Å². The van der Waals surface area contributed by atoms with Gasteiger partial charge in [-0.2, -0.15) is 0 Å². The maximum absolute atomic E-state index is 14.1. The standard InChI is InChI=1S/C30H32Br2Cl2N2O2/c31-17-5-1-3-7-19-35-27(21-9-13-23(33)14-10-21)25-26(29(35)37)28(22-11-15-24(34)16-12-22)36(30(25)38)20-8-4-2-6-18-32/h9-16H,1-8,17-20H2. The van der Waals surface area contributed by atoms with Crippen LogP contribution in [0.1, 0.15) is 62.5 Å². The predicted molar refractivity (Wildman–Crippen MR) is 165 cm³/mol. The Morgan fingerprint density at radius 3 is 1.21 bits per heavy atom. The molecule has 0 bridgehead atoms. The summed E-state index contributed by atoms with van der Waals surface area (Å²) < 4.78 is 0. The van der Waals surface area contributed by atoms with Crippen molar-refractivity contribution >= 4 is 78.3 Å². The molecule has 0 atom stereocenters. The summed E-state index contributed by atoms with van der Waals surface area (Å²) in [6, 6.07) is 14.8. The Morgan fingerprint density at radius 2 is 0.868 bits per heavy atom. The minimum Gasteiger partial charge on any atom is -0.307 e. The summed E-state index contributed by atoms with van der Waals surface area (Å²) in [6.45, 7) is 1.14. The second-order valence-electron chi connectivity index (χ2n) is 9.58. The van der Waals surface area contributed by atoms with Gasteiger partial charge in [0.15, 0.2) is 0 Å². The molecule has 4 rings (SSSR count). The van der Waals surface area contributed by atoms with Crippen LogP contribution < -0.4 is 0 Å². The Balaban J connectivity index is 1.77. The SMILES string of the molecule is O=C1C2=C(c3ccc(Cl)cc3)N(CCCCCCBr)C(=O)C2=C(c2ccc(Cl)cc2)N1CCCCCCBr. The second kappa shape index (κ2) is 14.2. The van der Waals surface area contributed by atoms with E-state index in [1.54, 1.807) is 0 Å². The summed E-state index contributed by atoms with van der Waals surface area (Å²) in [5.74, 6) is -0.212. The summed E-state index contributed by atoms with van der Waals surface area (Å²) >= 11 is 19.4. The molecule has 0 radical (unpaired) electrons. The van der Waals surface area contributed by atoms with Crippen LogP contribution in [-0.2, 0) is 9.59 Å².